The van der Waals surface area contributed by atoms with Crippen molar-refractivity contribution in [2.24, 2.45) is 38.1 Å². The number of nitrogens with two attached hydrogens (primary N) is 3. The van der Waals surface area contributed by atoms with Crippen molar-refractivity contribution < 1.29 is 9.53 Å². The summed E-state index contributed by atoms with van der Waals surface area (Å²) in [7, 11) is 1.79. The summed E-state index contributed by atoms with van der Waals surface area (Å²) in [5, 5.41) is 0. The van der Waals surface area contributed by atoms with Crippen molar-refractivity contribution >= 4 is 28.9 Å². The Labute approximate surface area is 242 Å². The number of aliphatic imine (C=N–C) groups is 3. The number of rotatable bonds is 7. The summed E-state index contributed by atoms with van der Waals surface area (Å²) in [6.07, 6.45) is 5.44. The normalized spacial score (nSPS) is 19.4. The first-order valence-electron chi connectivity index (χ1n) is 14.1. The molecule has 2 aromatic rings. The van der Waals surface area contributed by atoms with Gasteiger partial charge < -0.3 is 26.5 Å². The number of benzene rings is 1. The van der Waals surface area contributed by atoms with E-state index in [0.29, 0.717) is 42.8 Å². The predicted molar refractivity (Wildman–Crippen MR) is 165 cm³/mol. The number of aromatic nitrogens is 2. The number of fused-ring (bicyclic) bond motifs is 3. The van der Waals surface area contributed by atoms with Crippen molar-refractivity contribution in [3.05, 3.63) is 41.9 Å². The zero-order valence-corrected chi connectivity index (χ0v) is 25.0. The van der Waals surface area contributed by atoms with Crippen LogP contribution >= 0.6 is 0 Å². The lowest BCUT2D eigenvalue weighted by Crippen LogP contribution is -2.57. The van der Waals surface area contributed by atoms with Crippen LogP contribution in [0, 0.1) is 5.92 Å². The number of ether oxygens (including phenoxy) is 1. The summed E-state index contributed by atoms with van der Waals surface area (Å²) in [4.78, 5) is 33.0. The minimum Gasteiger partial charge on any atom is -0.491 e. The number of allylic oxidation sites excluding steroid dienone is 1. The number of amidine groups is 2. The molecule has 0 aliphatic carbocycles. The van der Waals surface area contributed by atoms with Crippen molar-refractivity contribution in [1.82, 2.24) is 14.5 Å². The third-order valence-corrected chi connectivity index (χ3v) is 7.68. The van der Waals surface area contributed by atoms with Gasteiger partial charge in [-0.05, 0) is 71.7 Å². The van der Waals surface area contributed by atoms with Gasteiger partial charge >= 0.3 is 0 Å². The second-order valence-electron chi connectivity index (χ2n) is 11.4. The number of nitrogens with zero attached hydrogens (tertiary/aromatic N) is 6. The van der Waals surface area contributed by atoms with E-state index in [-0.39, 0.29) is 17.9 Å². The van der Waals surface area contributed by atoms with Crippen LogP contribution in [-0.2, 0) is 11.3 Å². The SMILES string of the molecule is CN=C(C(=CN)c1ccc2c(c1)OCCn1cc(C(N=C(C)N)=NC(C)C)nc1-2)C1CCCN(C(C)(C)C(N)=O)C1. The molecule has 2 aliphatic rings. The highest BCUT2D eigenvalue weighted by molar-refractivity contribution is 6.25. The highest BCUT2D eigenvalue weighted by Crippen LogP contribution is 2.36. The zero-order valence-electron chi connectivity index (χ0n) is 25.0. The first kappa shape index (κ1) is 30.0. The van der Waals surface area contributed by atoms with Gasteiger partial charge in [-0.25, -0.2) is 9.98 Å². The molecule has 1 fully saturated rings. The van der Waals surface area contributed by atoms with Crippen LogP contribution in [0.2, 0.25) is 0 Å². The first-order valence-corrected chi connectivity index (χ1v) is 14.1. The van der Waals surface area contributed by atoms with Gasteiger partial charge in [0.25, 0.3) is 0 Å². The molecule has 1 aromatic heterocycles. The van der Waals surface area contributed by atoms with Gasteiger partial charge in [0.1, 0.15) is 23.9 Å². The maximum atomic E-state index is 12.1. The van der Waals surface area contributed by atoms with Gasteiger partial charge in [-0.3, -0.25) is 19.7 Å². The predicted octanol–water partition coefficient (Wildman–Crippen LogP) is 2.82. The van der Waals surface area contributed by atoms with Gasteiger partial charge in [-0.1, -0.05) is 6.07 Å². The average molecular weight is 562 g/mol. The summed E-state index contributed by atoms with van der Waals surface area (Å²) < 4.78 is 8.26. The van der Waals surface area contributed by atoms with Crippen LogP contribution in [0.4, 0.5) is 0 Å². The van der Waals surface area contributed by atoms with Crippen molar-refractivity contribution in [2.45, 2.75) is 65.6 Å². The van der Waals surface area contributed by atoms with Gasteiger partial charge in [-0.15, -0.1) is 0 Å². The van der Waals surface area contributed by atoms with E-state index in [4.69, 9.17) is 26.9 Å². The lowest BCUT2D eigenvalue weighted by atomic mass is 9.84. The van der Waals surface area contributed by atoms with E-state index in [2.05, 4.69) is 24.4 Å². The average Bonchev–Trinajstić information content (AvgIpc) is 3.27. The number of imidazole rings is 1. The van der Waals surface area contributed by atoms with E-state index in [1.54, 1.807) is 20.2 Å². The smallest absolute Gasteiger partial charge is 0.237 e. The molecule has 3 heterocycles. The monoisotopic (exact) mass is 561 g/mol. The maximum absolute atomic E-state index is 12.1. The number of primary amides is 1. The summed E-state index contributed by atoms with van der Waals surface area (Å²) in [6, 6.07) is 6.08. The van der Waals surface area contributed by atoms with Crippen LogP contribution in [0.3, 0.4) is 0 Å². The standard InChI is InChI=1S/C30H43N9O2/c1-18(2)35-27(36-19(3)32)24-17-38-12-13-41-25-14-20(9-10-22(25)28(38)37-24)23(15-31)26(34-6)21-8-7-11-39(16-21)30(4,5)29(33)40/h9-10,14-15,17-18,21H,7-8,11-13,16,31H2,1-6H3,(H2,33,40)(H2,32,35,36). The number of amides is 1. The number of hydrogen-bond acceptors (Lipinski definition) is 7. The van der Waals surface area contributed by atoms with Gasteiger partial charge in [-0.2, -0.15) is 0 Å². The Morgan fingerprint density at radius 2 is 2.00 bits per heavy atom. The van der Waals surface area contributed by atoms with E-state index in [1.165, 1.54) is 0 Å². The Hall–Kier alpha value is -3.99. The first-order chi connectivity index (χ1) is 19.5. The molecule has 1 unspecified atom stereocenters. The molecular formula is C30H43N9O2. The second-order valence-corrected chi connectivity index (χ2v) is 11.4. The van der Waals surface area contributed by atoms with E-state index < -0.39 is 5.54 Å². The summed E-state index contributed by atoms with van der Waals surface area (Å²) in [6.45, 7) is 12.1. The van der Waals surface area contributed by atoms with E-state index in [9.17, 15) is 4.79 Å². The van der Waals surface area contributed by atoms with Crippen LogP contribution in [0.1, 0.15) is 58.7 Å². The van der Waals surface area contributed by atoms with E-state index in [0.717, 1.165) is 47.6 Å². The van der Waals surface area contributed by atoms with Crippen LogP contribution in [0.15, 0.2) is 45.6 Å². The van der Waals surface area contributed by atoms with Gasteiger partial charge in [0.05, 0.1) is 23.5 Å². The molecule has 1 amide bonds. The molecule has 0 spiro atoms. The van der Waals surface area contributed by atoms with Crippen LogP contribution < -0.4 is 21.9 Å². The Morgan fingerprint density at radius 3 is 2.63 bits per heavy atom. The van der Waals surface area contributed by atoms with E-state index in [1.807, 2.05) is 52.1 Å². The minimum atomic E-state index is -0.739. The number of piperidine rings is 1. The molecule has 11 heteroatoms. The van der Waals surface area contributed by atoms with Crippen LogP contribution in [0.5, 0.6) is 5.75 Å². The zero-order chi connectivity index (χ0) is 29.9. The van der Waals surface area contributed by atoms with E-state index >= 15 is 0 Å². The van der Waals surface area contributed by atoms with Crippen molar-refractivity contribution in [1.29, 1.82) is 0 Å². The molecule has 1 atom stereocenters. The Morgan fingerprint density at radius 1 is 1.24 bits per heavy atom. The largest absolute Gasteiger partial charge is 0.491 e. The van der Waals surface area contributed by atoms with Crippen LogP contribution in [-0.4, -0.2) is 76.1 Å². The third-order valence-electron chi connectivity index (χ3n) is 7.68. The Kier molecular flexibility index (Phi) is 8.96. The number of likely N-dealkylation sites (tertiary alicyclic amines) is 1. The molecule has 220 valence electrons. The molecule has 0 saturated carbocycles. The number of carbonyl (C=O) groups is 1. The fourth-order valence-electron chi connectivity index (χ4n) is 5.44. The number of carbonyl (C=O) groups excluding carboxylic acids is 1. The highest BCUT2D eigenvalue weighted by atomic mass is 16.5. The molecule has 0 bridgehead atoms. The van der Waals surface area contributed by atoms with Crippen molar-refractivity contribution in [3.63, 3.8) is 0 Å². The molecule has 4 rings (SSSR count). The van der Waals surface area contributed by atoms with Gasteiger partial charge in [0.2, 0.25) is 5.91 Å². The van der Waals surface area contributed by atoms with Gasteiger partial charge in [0, 0.05) is 49.2 Å². The molecule has 1 saturated heterocycles. The summed E-state index contributed by atoms with van der Waals surface area (Å²) in [5.41, 5.74) is 21.3. The van der Waals surface area contributed by atoms with Gasteiger partial charge in [0.15, 0.2) is 5.84 Å². The Balaban J connectivity index is 1.67. The minimum absolute atomic E-state index is 0.0433. The van der Waals surface area contributed by atoms with Crippen molar-refractivity contribution in [2.75, 3.05) is 26.7 Å². The molecule has 1 aromatic carbocycles. The second kappa shape index (κ2) is 12.3. The molecule has 0 radical (unpaired) electrons. The molecule has 6 N–H and O–H groups in total. The Bertz CT molecular complexity index is 1410. The maximum Gasteiger partial charge on any atom is 0.237 e. The lowest BCUT2D eigenvalue weighted by molar-refractivity contribution is -0.129. The molecule has 2 aliphatic heterocycles. The third kappa shape index (κ3) is 6.35. The fraction of sp³-hybridized carbons (Fsp3) is 0.500. The van der Waals surface area contributed by atoms with Crippen molar-refractivity contribution in [3.8, 4) is 17.1 Å². The number of hydrogen-bond donors (Lipinski definition) is 3. The lowest BCUT2D eigenvalue weighted by Gasteiger charge is -2.42. The topological polar surface area (TPSA) is 162 Å². The summed E-state index contributed by atoms with van der Waals surface area (Å²) >= 11 is 0. The van der Waals surface area contributed by atoms with Crippen LogP contribution in [0.25, 0.3) is 17.0 Å². The fourth-order valence-corrected chi connectivity index (χ4v) is 5.44. The quantitative estimate of drug-likeness (QED) is 0.348. The highest BCUT2D eigenvalue weighted by Gasteiger charge is 2.37. The summed E-state index contributed by atoms with van der Waals surface area (Å²) in [5.74, 6) is 2.20. The molecule has 11 nitrogen and oxygen atoms in total. The molecule has 41 heavy (non-hydrogen) atoms. The molecular weight excluding hydrogens is 518 g/mol.